The normalized spacial score (nSPS) is 10.7. The Hall–Kier alpha value is -0.393. The molecule has 0 aromatic rings. The number of methoxy groups -OCH3 is 1. The van der Waals surface area contributed by atoms with Crippen molar-refractivity contribution >= 4 is 16.5 Å². The van der Waals surface area contributed by atoms with Gasteiger partial charge in [-0.25, -0.2) is 4.79 Å². The second-order valence-electron chi connectivity index (χ2n) is 3.55. The van der Waals surface area contributed by atoms with Gasteiger partial charge in [0.25, 0.3) is 0 Å². The molecule has 0 saturated heterocycles. The summed E-state index contributed by atoms with van der Waals surface area (Å²) >= 11 is 0. The number of hydrogen-bond donors (Lipinski definition) is 0. The van der Waals surface area contributed by atoms with E-state index in [0.29, 0.717) is 10.5 Å². The monoisotopic (exact) mass is 207 g/mol. The van der Waals surface area contributed by atoms with Crippen LogP contribution in [0.3, 0.4) is 0 Å². The second-order valence-corrected chi connectivity index (χ2v) is 3.96. The van der Waals surface area contributed by atoms with Crippen LogP contribution in [-0.2, 0) is 14.0 Å². The van der Waals surface area contributed by atoms with Gasteiger partial charge < -0.3 is 14.1 Å². The summed E-state index contributed by atoms with van der Waals surface area (Å²) in [6.07, 6.45) is 0. The number of nitrogens with zero attached hydrogens (tertiary/aromatic N) is 1. The Bertz CT molecular complexity index is 146. The highest BCUT2D eigenvalue weighted by molar-refractivity contribution is 6.00. The molecule has 0 fully saturated rings. The first-order valence-electron chi connectivity index (χ1n) is 4.02. The summed E-state index contributed by atoms with van der Waals surface area (Å²) in [6.45, 7) is 3.37. The predicted molar refractivity (Wildman–Crippen MR) is 56.7 cm³/mol. The molecule has 0 saturated carbocycles. The van der Waals surface area contributed by atoms with Crippen molar-refractivity contribution in [2.24, 2.45) is 0 Å². The smallest absolute Gasteiger partial charge is 0.336 e. The largest absolute Gasteiger partial charge is 0.467 e. The topological polar surface area (TPSA) is 38.8 Å². The summed E-state index contributed by atoms with van der Waals surface area (Å²) in [6, 6.07) is 0. The summed E-state index contributed by atoms with van der Waals surface area (Å²) in [5.41, 5.74) is -0.749. The molecule has 0 aliphatic rings. The third kappa shape index (κ3) is 9.52. The predicted octanol–water partition coefficient (Wildman–Crippen LogP) is -0.587. The van der Waals surface area contributed by atoms with Crippen molar-refractivity contribution in [2.75, 3.05) is 28.3 Å². The van der Waals surface area contributed by atoms with E-state index in [9.17, 15) is 4.79 Å². The minimum Gasteiger partial charge on any atom is -0.467 e. The third-order valence-electron chi connectivity index (χ3n) is 1.19. The highest BCUT2D eigenvalue weighted by Crippen LogP contribution is 2.07. The molecule has 0 rings (SSSR count). The van der Waals surface area contributed by atoms with Gasteiger partial charge in [0, 0.05) is 0 Å². The summed E-state index contributed by atoms with van der Waals surface area (Å²) in [5.74, 6) is -0.322. The van der Waals surface area contributed by atoms with Gasteiger partial charge in [-0.1, -0.05) is 0 Å². The van der Waals surface area contributed by atoms with Gasteiger partial charge in [0.05, 0.1) is 7.11 Å². The van der Waals surface area contributed by atoms with E-state index in [2.05, 4.69) is 4.74 Å². The number of rotatable bonds is 2. The first-order valence-corrected chi connectivity index (χ1v) is 4.84. The van der Waals surface area contributed by atoms with Crippen molar-refractivity contribution in [3.8, 4) is 0 Å². The third-order valence-corrected chi connectivity index (χ3v) is 2.21. The van der Waals surface area contributed by atoms with Gasteiger partial charge in [-0.3, -0.25) is 0 Å². The number of carbonyl (C=O) groups is 1. The zero-order chi connectivity index (χ0) is 11.1. The lowest BCUT2D eigenvalue weighted by Gasteiger charge is -2.19. The van der Waals surface area contributed by atoms with Crippen molar-refractivity contribution in [1.82, 2.24) is 4.90 Å². The number of carbonyl (C=O) groups excluding carboxylic acids is 1. The van der Waals surface area contributed by atoms with Crippen LogP contribution in [0.4, 0.5) is 0 Å². The quantitative estimate of drug-likeness (QED) is 0.448. The maximum atomic E-state index is 10.7. The average molecular weight is 207 g/mol. The second kappa shape index (κ2) is 7.05. The van der Waals surface area contributed by atoms with Crippen LogP contribution in [0.1, 0.15) is 13.8 Å². The van der Waals surface area contributed by atoms with Crippen LogP contribution in [-0.4, -0.2) is 55.2 Å². The first-order chi connectivity index (χ1) is 5.77. The van der Waals surface area contributed by atoms with Crippen LogP contribution in [0.5, 0.6) is 0 Å². The maximum Gasteiger partial charge on any atom is 0.336 e. The van der Waals surface area contributed by atoms with Crippen molar-refractivity contribution < 1.29 is 14.0 Å². The Kier molecular flexibility index (Phi) is 8.19. The summed E-state index contributed by atoms with van der Waals surface area (Å²) in [7, 11) is 7.90. The van der Waals surface area contributed by atoms with E-state index >= 15 is 0 Å². The van der Waals surface area contributed by atoms with E-state index in [1.807, 2.05) is 26.0 Å². The molecule has 0 aliphatic carbocycles. The Labute approximate surface area is 83.7 Å². The molecule has 80 valence electrons. The van der Waals surface area contributed by atoms with Crippen molar-refractivity contribution in [3.05, 3.63) is 0 Å². The van der Waals surface area contributed by atoms with Crippen molar-refractivity contribution in [3.63, 3.8) is 0 Å². The van der Waals surface area contributed by atoms with Crippen LogP contribution in [0.25, 0.3) is 0 Å². The van der Waals surface area contributed by atoms with Gasteiger partial charge >= 0.3 is 5.97 Å². The number of esters is 1. The SMILES string of the molecule is CN(C)C.COC(=O)C(C)(C)O[SiH3]. The molecule has 0 atom stereocenters. The number of hydrogen-bond acceptors (Lipinski definition) is 4. The standard InChI is InChI=1S/C5H12O3Si.C3H9N/c1-5(2,8-9)4(6)7-3;1-4(2)3/h1-3,9H3;1-3H3. The fourth-order valence-electron chi connectivity index (χ4n) is 0.329. The zero-order valence-corrected chi connectivity index (χ0v) is 11.7. The molecule has 0 aromatic heterocycles. The van der Waals surface area contributed by atoms with E-state index in [4.69, 9.17) is 4.43 Å². The molecule has 0 bridgehead atoms. The maximum absolute atomic E-state index is 10.7. The minimum absolute atomic E-state index is 0.322. The van der Waals surface area contributed by atoms with Crippen LogP contribution in [0.2, 0.25) is 0 Å². The lowest BCUT2D eigenvalue weighted by atomic mass is 10.1. The lowest BCUT2D eigenvalue weighted by molar-refractivity contribution is -0.155. The Morgan fingerprint density at radius 1 is 1.31 bits per heavy atom. The molecule has 0 unspecified atom stereocenters. The van der Waals surface area contributed by atoms with Gasteiger partial charge in [-0.15, -0.1) is 0 Å². The Morgan fingerprint density at radius 2 is 1.62 bits per heavy atom. The molecule has 0 radical (unpaired) electrons. The fourth-order valence-corrected chi connectivity index (χ4v) is 0.496. The zero-order valence-electron chi connectivity index (χ0n) is 9.67. The van der Waals surface area contributed by atoms with Crippen molar-refractivity contribution in [1.29, 1.82) is 0 Å². The lowest BCUT2D eigenvalue weighted by Crippen LogP contribution is -2.35. The van der Waals surface area contributed by atoms with Crippen LogP contribution in [0, 0.1) is 0 Å². The van der Waals surface area contributed by atoms with Gasteiger partial charge in [0.1, 0.15) is 16.1 Å². The van der Waals surface area contributed by atoms with E-state index in [1.165, 1.54) is 7.11 Å². The molecule has 0 aliphatic heterocycles. The molecule has 4 nitrogen and oxygen atoms in total. The summed E-state index contributed by atoms with van der Waals surface area (Å²) in [5, 5.41) is 0. The van der Waals surface area contributed by atoms with Gasteiger partial charge in [0.15, 0.2) is 0 Å². The highest BCUT2D eigenvalue weighted by atomic mass is 28.2. The molecule has 0 N–H and O–H groups in total. The first kappa shape index (κ1) is 15.1. The molecular weight excluding hydrogens is 186 g/mol. The molecule has 0 amide bonds. The van der Waals surface area contributed by atoms with Crippen LogP contribution in [0.15, 0.2) is 0 Å². The molecule has 13 heavy (non-hydrogen) atoms. The molecule has 0 spiro atoms. The minimum atomic E-state index is -0.749. The van der Waals surface area contributed by atoms with Gasteiger partial charge in [-0.2, -0.15) is 0 Å². The Balaban J connectivity index is 0. The highest BCUT2D eigenvalue weighted by Gasteiger charge is 2.26. The average Bonchev–Trinajstić information content (AvgIpc) is 2.02. The van der Waals surface area contributed by atoms with Crippen molar-refractivity contribution in [2.45, 2.75) is 19.4 Å². The summed E-state index contributed by atoms with van der Waals surface area (Å²) in [4.78, 5) is 12.7. The van der Waals surface area contributed by atoms with E-state index < -0.39 is 5.60 Å². The molecular formula is C8H21NO3Si. The van der Waals surface area contributed by atoms with E-state index in [0.717, 1.165) is 0 Å². The fraction of sp³-hybridized carbons (Fsp3) is 0.875. The van der Waals surface area contributed by atoms with Gasteiger partial charge in [0.2, 0.25) is 0 Å². The molecule has 0 heterocycles. The van der Waals surface area contributed by atoms with Crippen LogP contribution >= 0.6 is 0 Å². The molecule has 0 aromatic carbocycles. The van der Waals surface area contributed by atoms with Crippen LogP contribution < -0.4 is 0 Å². The summed E-state index contributed by atoms with van der Waals surface area (Å²) < 4.78 is 9.42. The van der Waals surface area contributed by atoms with E-state index in [1.54, 1.807) is 13.8 Å². The van der Waals surface area contributed by atoms with Gasteiger partial charge in [-0.05, 0) is 35.0 Å². The Morgan fingerprint density at radius 3 is 1.69 bits per heavy atom. The number of ether oxygens (including phenoxy) is 1. The molecule has 5 heteroatoms. The van der Waals surface area contributed by atoms with E-state index in [-0.39, 0.29) is 5.97 Å².